The molecule has 0 radical (unpaired) electrons. The Morgan fingerprint density at radius 3 is 2.60 bits per heavy atom. The first-order valence-corrected chi connectivity index (χ1v) is 7.60. The summed E-state index contributed by atoms with van der Waals surface area (Å²) in [4.78, 5) is 0. The second kappa shape index (κ2) is 5.48. The van der Waals surface area contributed by atoms with E-state index in [9.17, 15) is 0 Å². The van der Waals surface area contributed by atoms with Crippen molar-refractivity contribution in [1.29, 1.82) is 0 Å². The van der Waals surface area contributed by atoms with Gasteiger partial charge >= 0.3 is 0 Å². The minimum atomic E-state index is -0.320. The molecule has 0 amide bonds. The molecule has 20 heavy (non-hydrogen) atoms. The van der Waals surface area contributed by atoms with Gasteiger partial charge in [0.2, 0.25) is 0 Å². The molecular formula is C16H13Cl3O. The molecule has 104 valence electrons. The number of aryl methyl sites for hydroxylation is 1. The first-order valence-electron chi connectivity index (χ1n) is 6.41. The van der Waals surface area contributed by atoms with Crippen LogP contribution in [0.15, 0.2) is 30.3 Å². The van der Waals surface area contributed by atoms with E-state index in [1.54, 1.807) is 0 Å². The largest absolute Gasteiger partial charge is 0.493 e. The summed E-state index contributed by atoms with van der Waals surface area (Å²) in [5, 5.41) is 1.05. The zero-order chi connectivity index (χ0) is 14.3. The van der Waals surface area contributed by atoms with Crippen LogP contribution in [0.4, 0.5) is 0 Å². The van der Waals surface area contributed by atoms with E-state index in [0.717, 1.165) is 34.4 Å². The SMILES string of the molecule is Cc1ccc(Cl)cc1C(Cl)c1cc(Cl)cc2c1OCC2. The van der Waals surface area contributed by atoms with Crippen molar-refractivity contribution in [2.75, 3.05) is 6.61 Å². The van der Waals surface area contributed by atoms with Crippen LogP contribution in [0.25, 0.3) is 0 Å². The van der Waals surface area contributed by atoms with Crippen LogP contribution in [-0.2, 0) is 6.42 Å². The molecule has 0 N–H and O–H groups in total. The van der Waals surface area contributed by atoms with Crippen molar-refractivity contribution in [1.82, 2.24) is 0 Å². The summed E-state index contributed by atoms with van der Waals surface area (Å²) in [5.41, 5.74) is 4.12. The van der Waals surface area contributed by atoms with Gasteiger partial charge in [-0.25, -0.2) is 0 Å². The van der Waals surface area contributed by atoms with E-state index in [1.807, 2.05) is 37.3 Å². The first-order chi connectivity index (χ1) is 9.56. The fourth-order valence-corrected chi connectivity index (χ4v) is 3.37. The van der Waals surface area contributed by atoms with Gasteiger partial charge < -0.3 is 4.74 Å². The maximum atomic E-state index is 6.67. The Kier molecular flexibility index (Phi) is 3.85. The fraction of sp³-hybridized carbons (Fsp3) is 0.250. The van der Waals surface area contributed by atoms with Crippen molar-refractivity contribution in [2.45, 2.75) is 18.7 Å². The van der Waals surface area contributed by atoms with Gasteiger partial charge in [0.1, 0.15) is 5.75 Å². The summed E-state index contributed by atoms with van der Waals surface area (Å²) in [5.74, 6) is 0.869. The molecule has 1 nitrogen and oxygen atoms in total. The van der Waals surface area contributed by atoms with Crippen LogP contribution in [0.2, 0.25) is 10.0 Å². The van der Waals surface area contributed by atoms with Gasteiger partial charge in [0.25, 0.3) is 0 Å². The fourth-order valence-electron chi connectivity index (χ4n) is 2.54. The van der Waals surface area contributed by atoms with Gasteiger partial charge in [-0.15, -0.1) is 11.6 Å². The van der Waals surface area contributed by atoms with Crippen LogP contribution in [0, 0.1) is 6.92 Å². The number of hydrogen-bond acceptors (Lipinski definition) is 1. The van der Waals surface area contributed by atoms with Crippen LogP contribution in [-0.4, -0.2) is 6.61 Å². The Bertz CT molecular complexity index is 667. The molecule has 3 rings (SSSR count). The third kappa shape index (κ3) is 2.50. The van der Waals surface area contributed by atoms with Crippen molar-refractivity contribution < 1.29 is 4.74 Å². The average molecular weight is 328 g/mol. The van der Waals surface area contributed by atoms with Crippen LogP contribution in [0.5, 0.6) is 5.75 Å². The number of benzene rings is 2. The third-order valence-electron chi connectivity index (χ3n) is 3.56. The number of fused-ring (bicyclic) bond motifs is 1. The molecule has 0 aromatic heterocycles. The lowest BCUT2D eigenvalue weighted by Gasteiger charge is -2.17. The monoisotopic (exact) mass is 326 g/mol. The molecule has 4 heteroatoms. The summed E-state index contributed by atoms with van der Waals surface area (Å²) in [7, 11) is 0. The molecule has 1 aliphatic rings. The first kappa shape index (κ1) is 14.1. The number of hydrogen-bond donors (Lipinski definition) is 0. The Morgan fingerprint density at radius 1 is 1.05 bits per heavy atom. The lowest BCUT2D eigenvalue weighted by Crippen LogP contribution is -1.99. The normalized spacial score (nSPS) is 14.8. The Labute approximate surface area is 133 Å². The standard InChI is InChI=1S/C16H13Cl3O/c1-9-2-3-11(17)7-13(9)15(19)14-8-12(18)6-10-4-5-20-16(10)14/h2-3,6-8,15H,4-5H2,1H3. The highest BCUT2D eigenvalue weighted by atomic mass is 35.5. The zero-order valence-electron chi connectivity index (χ0n) is 10.9. The van der Waals surface area contributed by atoms with E-state index >= 15 is 0 Å². The lowest BCUT2D eigenvalue weighted by atomic mass is 9.97. The lowest BCUT2D eigenvalue weighted by molar-refractivity contribution is 0.353. The molecule has 0 aliphatic carbocycles. The molecule has 2 aromatic rings. The predicted molar refractivity (Wildman–Crippen MR) is 84.5 cm³/mol. The van der Waals surface area contributed by atoms with Gasteiger partial charge in [-0.1, -0.05) is 29.3 Å². The van der Waals surface area contributed by atoms with Crippen LogP contribution >= 0.6 is 34.8 Å². The summed E-state index contributed by atoms with van der Waals surface area (Å²) >= 11 is 18.9. The van der Waals surface area contributed by atoms with E-state index in [1.165, 1.54) is 0 Å². The summed E-state index contributed by atoms with van der Waals surface area (Å²) in [6.45, 7) is 2.70. The Morgan fingerprint density at radius 2 is 1.80 bits per heavy atom. The van der Waals surface area contributed by atoms with Crippen molar-refractivity contribution in [3.05, 3.63) is 62.6 Å². The van der Waals surface area contributed by atoms with Crippen LogP contribution < -0.4 is 4.74 Å². The quantitative estimate of drug-likeness (QED) is 0.656. The van der Waals surface area contributed by atoms with E-state index in [4.69, 9.17) is 39.5 Å². The predicted octanol–water partition coefficient (Wildman–Crippen LogP) is 5.56. The molecule has 0 bridgehead atoms. The van der Waals surface area contributed by atoms with Gasteiger partial charge in [0, 0.05) is 22.0 Å². The Hall–Kier alpha value is -0.890. The smallest absolute Gasteiger partial charge is 0.127 e. The van der Waals surface area contributed by atoms with E-state index < -0.39 is 0 Å². The molecule has 1 heterocycles. The minimum Gasteiger partial charge on any atom is -0.493 e. The molecule has 0 saturated heterocycles. The topological polar surface area (TPSA) is 9.23 Å². The molecule has 2 aromatic carbocycles. The molecule has 1 atom stereocenters. The summed E-state index contributed by atoms with van der Waals surface area (Å²) < 4.78 is 5.72. The highest BCUT2D eigenvalue weighted by molar-refractivity contribution is 6.31. The maximum Gasteiger partial charge on any atom is 0.127 e. The highest BCUT2D eigenvalue weighted by Crippen LogP contribution is 2.42. The van der Waals surface area contributed by atoms with Crippen LogP contribution in [0.1, 0.15) is 27.6 Å². The average Bonchev–Trinajstić information content (AvgIpc) is 2.87. The Balaban J connectivity index is 2.11. The van der Waals surface area contributed by atoms with Crippen molar-refractivity contribution in [3.63, 3.8) is 0 Å². The maximum absolute atomic E-state index is 6.67. The minimum absolute atomic E-state index is 0.320. The number of ether oxygens (including phenoxy) is 1. The zero-order valence-corrected chi connectivity index (χ0v) is 13.2. The number of rotatable bonds is 2. The van der Waals surface area contributed by atoms with E-state index in [-0.39, 0.29) is 5.38 Å². The summed E-state index contributed by atoms with van der Waals surface area (Å²) in [6, 6.07) is 9.56. The molecule has 0 fully saturated rings. The van der Waals surface area contributed by atoms with Crippen molar-refractivity contribution in [2.24, 2.45) is 0 Å². The summed E-state index contributed by atoms with van der Waals surface area (Å²) in [6.07, 6.45) is 0.876. The van der Waals surface area contributed by atoms with E-state index in [0.29, 0.717) is 16.7 Å². The van der Waals surface area contributed by atoms with E-state index in [2.05, 4.69) is 0 Å². The molecular weight excluding hydrogens is 315 g/mol. The van der Waals surface area contributed by atoms with Gasteiger partial charge in [-0.3, -0.25) is 0 Å². The van der Waals surface area contributed by atoms with Gasteiger partial charge in [0.15, 0.2) is 0 Å². The highest BCUT2D eigenvalue weighted by Gasteiger charge is 2.24. The third-order valence-corrected chi connectivity index (χ3v) is 4.49. The van der Waals surface area contributed by atoms with Crippen molar-refractivity contribution >= 4 is 34.8 Å². The number of alkyl halides is 1. The second-order valence-corrected chi connectivity index (χ2v) is 6.25. The molecule has 0 spiro atoms. The van der Waals surface area contributed by atoms with Crippen LogP contribution in [0.3, 0.4) is 0 Å². The molecule has 1 unspecified atom stereocenters. The molecule has 1 aliphatic heterocycles. The number of halogens is 3. The van der Waals surface area contributed by atoms with Crippen molar-refractivity contribution in [3.8, 4) is 5.75 Å². The van der Waals surface area contributed by atoms with Gasteiger partial charge in [-0.2, -0.15) is 0 Å². The van der Waals surface area contributed by atoms with Gasteiger partial charge in [-0.05, 0) is 47.9 Å². The van der Waals surface area contributed by atoms with Gasteiger partial charge in [0.05, 0.1) is 12.0 Å². The second-order valence-electron chi connectivity index (χ2n) is 4.95. The molecule has 0 saturated carbocycles.